The Morgan fingerprint density at radius 1 is 1.33 bits per heavy atom. The smallest absolute Gasteiger partial charge is 0.311 e. The number of esters is 1. The molecule has 1 fully saturated rings. The van der Waals surface area contributed by atoms with Gasteiger partial charge in [-0.15, -0.1) is 0 Å². The van der Waals surface area contributed by atoms with E-state index >= 15 is 0 Å². The zero-order valence-electron chi connectivity index (χ0n) is 9.65. The summed E-state index contributed by atoms with van der Waals surface area (Å²) in [7, 11) is 1.31. The van der Waals surface area contributed by atoms with Gasteiger partial charge < -0.3 is 9.64 Å². The molecule has 1 aliphatic heterocycles. The third kappa shape index (κ3) is 2.60. The molecule has 1 amide bonds. The van der Waals surface area contributed by atoms with E-state index in [0.29, 0.717) is 22.3 Å². The molecule has 6 heteroatoms. The first-order valence-electron chi connectivity index (χ1n) is 5.35. The minimum atomic E-state index is -0.430. The lowest BCUT2D eigenvalue weighted by molar-refractivity contribution is -0.145. The van der Waals surface area contributed by atoms with E-state index in [9.17, 15) is 9.59 Å². The Bertz CT molecular complexity index is 484. The van der Waals surface area contributed by atoms with Crippen molar-refractivity contribution < 1.29 is 14.3 Å². The summed E-state index contributed by atoms with van der Waals surface area (Å²) in [6.45, 7) is 0.294. The summed E-state index contributed by atoms with van der Waals surface area (Å²) in [5, 5.41) is 0.902. The number of anilines is 1. The summed E-state index contributed by atoms with van der Waals surface area (Å²) in [6.07, 6.45) is 0.150. The van der Waals surface area contributed by atoms with Crippen molar-refractivity contribution in [2.45, 2.75) is 6.42 Å². The zero-order valence-corrected chi connectivity index (χ0v) is 11.2. The van der Waals surface area contributed by atoms with Crippen LogP contribution in [0.2, 0.25) is 10.0 Å². The Hall–Kier alpha value is -1.26. The van der Waals surface area contributed by atoms with E-state index < -0.39 is 5.92 Å². The van der Waals surface area contributed by atoms with Gasteiger partial charge in [-0.3, -0.25) is 9.59 Å². The number of amides is 1. The molecule has 1 saturated heterocycles. The van der Waals surface area contributed by atoms with Crippen molar-refractivity contribution in [3.8, 4) is 0 Å². The Labute approximate surface area is 114 Å². The Morgan fingerprint density at radius 2 is 1.94 bits per heavy atom. The van der Waals surface area contributed by atoms with Crippen LogP contribution in [0.4, 0.5) is 5.69 Å². The first-order chi connectivity index (χ1) is 8.51. The van der Waals surface area contributed by atoms with Crippen molar-refractivity contribution >= 4 is 40.8 Å². The SMILES string of the molecule is COC(=O)C1CC(=O)N(c2cc(Cl)cc(Cl)c2)C1. The van der Waals surface area contributed by atoms with E-state index in [1.165, 1.54) is 12.0 Å². The van der Waals surface area contributed by atoms with Crippen LogP contribution in [-0.2, 0) is 14.3 Å². The molecule has 4 nitrogen and oxygen atoms in total. The number of rotatable bonds is 2. The zero-order chi connectivity index (χ0) is 13.3. The van der Waals surface area contributed by atoms with Gasteiger partial charge in [-0.2, -0.15) is 0 Å². The van der Waals surface area contributed by atoms with Gasteiger partial charge in [-0.25, -0.2) is 0 Å². The fraction of sp³-hybridized carbons (Fsp3) is 0.333. The predicted octanol–water partition coefficient (Wildman–Crippen LogP) is 2.52. The normalized spacial score (nSPS) is 19.2. The lowest BCUT2D eigenvalue weighted by Gasteiger charge is -2.17. The number of carbonyl (C=O) groups is 2. The number of ether oxygens (including phenoxy) is 1. The van der Waals surface area contributed by atoms with Crippen LogP contribution in [0.5, 0.6) is 0 Å². The molecule has 0 N–H and O–H groups in total. The highest BCUT2D eigenvalue weighted by atomic mass is 35.5. The van der Waals surface area contributed by atoms with E-state index in [1.54, 1.807) is 18.2 Å². The number of benzene rings is 1. The number of carbonyl (C=O) groups excluding carboxylic acids is 2. The number of methoxy groups -OCH3 is 1. The first kappa shape index (κ1) is 13.2. The highest BCUT2D eigenvalue weighted by Crippen LogP contribution is 2.30. The second kappa shape index (κ2) is 5.16. The molecule has 0 aliphatic carbocycles. The molecule has 1 heterocycles. The fourth-order valence-electron chi connectivity index (χ4n) is 1.98. The molecule has 1 aliphatic rings. The molecule has 96 valence electrons. The Kier molecular flexibility index (Phi) is 3.78. The number of halogens is 2. The number of hydrogen-bond acceptors (Lipinski definition) is 3. The summed E-state index contributed by atoms with van der Waals surface area (Å²) < 4.78 is 4.64. The molecule has 0 radical (unpaired) electrons. The minimum absolute atomic E-state index is 0.135. The largest absolute Gasteiger partial charge is 0.469 e. The standard InChI is InChI=1S/C12H11Cl2NO3/c1-18-12(17)7-2-11(16)15(6-7)10-4-8(13)3-9(14)5-10/h3-5,7H,2,6H2,1H3. The highest BCUT2D eigenvalue weighted by molar-refractivity contribution is 6.35. The Morgan fingerprint density at radius 3 is 2.50 bits per heavy atom. The lowest BCUT2D eigenvalue weighted by atomic mass is 10.1. The van der Waals surface area contributed by atoms with Crippen LogP contribution in [-0.4, -0.2) is 25.5 Å². The van der Waals surface area contributed by atoms with Crippen molar-refractivity contribution in [2.24, 2.45) is 5.92 Å². The van der Waals surface area contributed by atoms with Gasteiger partial charge in [0.05, 0.1) is 13.0 Å². The summed E-state index contributed by atoms with van der Waals surface area (Å²) in [6, 6.07) is 4.88. The molecule has 1 atom stereocenters. The summed E-state index contributed by atoms with van der Waals surface area (Å²) in [5.74, 6) is -0.942. The molecule has 1 unspecified atom stereocenters. The second-order valence-corrected chi connectivity index (χ2v) is 4.93. The highest BCUT2D eigenvalue weighted by Gasteiger charge is 2.35. The van der Waals surface area contributed by atoms with Gasteiger partial charge in [-0.05, 0) is 18.2 Å². The average Bonchev–Trinajstić information content (AvgIpc) is 2.69. The first-order valence-corrected chi connectivity index (χ1v) is 6.11. The maximum absolute atomic E-state index is 11.9. The summed E-state index contributed by atoms with van der Waals surface area (Å²) in [4.78, 5) is 24.8. The van der Waals surface area contributed by atoms with Crippen molar-refractivity contribution in [2.75, 3.05) is 18.6 Å². The van der Waals surface area contributed by atoms with Crippen LogP contribution in [0.15, 0.2) is 18.2 Å². The van der Waals surface area contributed by atoms with Gasteiger partial charge in [0.2, 0.25) is 5.91 Å². The van der Waals surface area contributed by atoms with Gasteiger partial charge in [0.15, 0.2) is 0 Å². The van der Waals surface area contributed by atoms with Gasteiger partial charge >= 0.3 is 5.97 Å². The van der Waals surface area contributed by atoms with Crippen LogP contribution < -0.4 is 4.90 Å². The molecular formula is C12H11Cl2NO3. The van der Waals surface area contributed by atoms with Gasteiger partial charge in [-0.1, -0.05) is 23.2 Å². The maximum atomic E-state index is 11.9. The van der Waals surface area contributed by atoms with Crippen molar-refractivity contribution in [1.82, 2.24) is 0 Å². The van der Waals surface area contributed by atoms with Crippen LogP contribution in [0.3, 0.4) is 0 Å². The van der Waals surface area contributed by atoms with Crippen LogP contribution >= 0.6 is 23.2 Å². The lowest BCUT2D eigenvalue weighted by Crippen LogP contribution is -2.26. The average molecular weight is 288 g/mol. The maximum Gasteiger partial charge on any atom is 0.311 e. The Balaban J connectivity index is 2.24. The van der Waals surface area contributed by atoms with Crippen molar-refractivity contribution in [1.29, 1.82) is 0 Å². The fourth-order valence-corrected chi connectivity index (χ4v) is 2.49. The van der Waals surface area contributed by atoms with Crippen LogP contribution in [0.1, 0.15) is 6.42 Å². The minimum Gasteiger partial charge on any atom is -0.469 e. The van der Waals surface area contributed by atoms with E-state index in [-0.39, 0.29) is 18.3 Å². The molecule has 18 heavy (non-hydrogen) atoms. The molecule has 0 saturated carbocycles. The van der Waals surface area contributed by atoms with Crippen molar-refractivity contribution in [3.63, 3.8) is 0 Å². The van der Waals surface area contributed by atoms with Gasteiger partial charge in [0.1, 0.15) is 0 Å². The van der Waals surface area contributed by atoms with Crippen LogP contribution in [0, 0.1) is 5.92 Å². The number of hydrogen-bond donors (Lipinski definition) is 0. The van der Waals surface area contributed by atoms with Crippen LogP contribution in [0.25, 0.3) is 0 Å². The molecule has 0 bridgehead atoms. The quantitative estimate of drug-likeness (QED) is 0.786. The second-order valence-electron chi connectivity index (χ2n) is 4.06. The summed E-state index contributed by atoms with van der Waals surface area (Å²) in [5.41, 5.74) is 0.601. The van der Waals surface area contributed by atoms with Gasteiger partial charge in [0.25, 0.3) is 0 Å². The monoisotopic (exact) mass is 287 g/mol. The molecule has 0 aromatic heterocycles. The number of nitrogens with zero attached hydrogens (tertiary/aromatic N) is 1. The van der Waals surface area contributed by atoms with E-state index in [0.717, 1.165) is 0 Å². The van der Waals surface area contributed by atoms with E-state index in [1.807, 2.05) is 0 Å². The van der Waals surface area contributed by atoms with Gasteiger partial charge in [0, 0.05) is 28.7 Å². The molecule has 1 aromatic carbocycles. The molecule has 1 aromatic rings. The third-order valence-electron chi connectivity index (χ3n) is 2.82. The molecular weight excluding hydrogens is 277 g/mol. The van der Waals surface area contributed by atoms with E-state index in [2.05, 4.69) is 4.74 Å². The molecule has 2 rings (SSSR count). The predicted molar refractivity (Wildman–Crippen MR) is 68.9 cm³/mol. The molecule has 0 spiro atoms. The van der Waals surface area contributed by atoms with Crippen molar-refractivity contribution in [3.05, 3.63) is 28.2 Å². The summed E-state index contributed by atoms with van der Waals surface area (Å²) >= 11 is 11.8. The third-order valence-corrected chi connectivity index (χ3v) is 3.25. The topological polar surface area (TPSA) is 46.6 Å². The van der Waals surface area contributed by atoms with E-state index in [4.69, 9.17) is 23.2 Å².